The Balaban J connectivity index is 0.00000117. The maximum atomic E-state index is 12.8. The monoisotopic (exact) mass is 364 g/mol. The third-order valence-corrected chi connectivity index (χ3v) is 4.21. The third-order valence-electron chi connectivity index (χ3n) is 3.20. The minimum absolute atomic E-state index is 0.264. The number of hydrogen-bond donors (Lipinski definition) is 0. The van der Waals surface area contributed by atoms with Crippen LogP contribution in [0.5, 0.6) is 0 Å². The summed E-state index contributed by atoms with van der Waals surface area (Å²) in [5.41, 5.74) is 2.56. The molecule has 0 N–H and O–H groups in total. The molecule has 0 nitrogen and oxygen atoms in total. The first-order valence-corrected chi connectivity index (χ1v) is 9.26. The third kappa shape index (κ3) is 6.28. The molecule has 0 bridgehead atoms. The quantitative estimate of drug-likeness (QED) is 0.521. The van der Waals surface area contributed by atoms with Gasteiger partial charge < -0.3 is 0 Å². The van der Waals surface area contributed by atoms with Crippen LogP contribution in [0, 0.1) is 35.3 Å². The lowest BCUT2D eigenvalue weighted by Gasteiger charge is -2.05. The van der Waals surface area contributed by atoms with Gasteiger partial charge in [0.1, 0.15) is 11.6 Å². The molecule has 2 aromatic carbocycles. The summed E-state index contributed by atoms with van der Waals surface area (Å²) in [7, 11) is 0. The fourth-order valence-electron chi connectivity index (χ4n) is 1.94. The van der Waals surface area contributed by atoms with Crippen molar-refractivity contribution in [1.82, 2.24) is 0 Å². The molecule has 3 rings (SSSR count). The zero-order chi connectivity index (χ0) is 18.8. The standard InChI is InChI=1S/C21H12F2S.C2H6/c22-19-9-3-16(4-10-19)1-2-18-8-14-21(24-15-18)13-7-17-5-11-20(23)12-6-17;1-2/h3-6,8-12,14H,15H2;1-2H3. The summed E-state index contributed by atoms with van der Waals surface area (Å²) in [6.45, 7) is 4.00. The van der Waals surface area contributed by atoms with E-state index in [2.05, 4.69) is 23.7 Å². The predicted octanol–water partition coefficient (Wildman–Crippen LogP) is 5.95. The molecule has 0 saturated heterocycles. The summed E-state index contributed by atoms with van der Waals surface area (Å²) in [5.74, 6) is 12.4. The van der Waals surface area contributed by atoms with Crippen LogP contribution in [-0.4, -0.2) is 5.75 Å². The molecule has 0 aliphatic carbocycles. The van der Waals surface area contributed by atoms with E-state index in [1.807, 2.05) is 26.0 Å². The Kier molecular flexibility index (Phi) is 7.75. The summed E-state index contributed by atoms with van der Waals surface area (Å²) >= 11 is 1.61. The molecular formula is C23H18F2S. The van der Waals surface area contributed by atoms with Crippen molar-refractivity contribution in [1.29, 1.82) is 0 Å². The molecule has 0 amide bonds. The van der Waals surface area contributed by atoms with Gasteiger partial charge in [0.05, 0.1) is 4.91 Å². The van der Waals surface area contributed by atoms with Crippen LogP contribution in [0.3, 0.4) is 0 Å². The van der Waals surface area contributed by atoms with Gasteiger partial charge in [-0.2, -0.15) is 0 Å². The zero-order valence-electron chi connectivity index (χ0n) is 14.6. The van der Waals surface area contributed by atoms with Crippen molar-refractivity contribution in [3.63, 3.8) is 0 Å². The second-order valence-electron chi connectivity index (χ2n) is 5.03. The summed E-state index contributed by atoms with van der Waals surface area (Å²) < 4.78 is 25.7. The Morgan fingerprint density at radius 3 is 1.65 bits per heavy atom. The molecule has 3 heteroatoms. The van der Waals surface area contributed by atoms with Crippen molar-refractivity contribution < 1.29 is 8.78 Å². The summed E-state index contributed by atoms with van der Waals surface area (Å²) in [6, 6.07) is 12.2. The van der Waals surface area contributed by atoms with Crippen molar-refractivity contribution in [2.75, 3.05) is 5.75 Å². The van der Waals surface area contributed by atoms with E-state index in [9.17, 15) is 8.78 Å². The van der Waals surface area contributed by atoms with E-state index in [0.29, 0.717) is 0 Å². The van der Waals surface area contributed by atoms with Crippen LogP contribution in [0.4, 0.5) is 8.78 Å². The molecule has 130 valence electrons. The van der Waals surface area contributed by atoms with E-state index in [1.165, 1.54) is 24.3 Å². The highest BCUT2D eigenvalue weighted by atomic mass is 32.2. The first-order valence-electron chi connectivity index (χ1n) is 8.28. The number of allylic oxidation sites excluding steroid dienone is 3. The maximum absolute atomic E-state index is 12.8. The minimum atomic E-state index is -0.265. The van der Waals surface area contributed by atoms with Crippen LogP contribution in [0.2, 0.25) is 0 Å². The van der Waals surface area contributed by atoms with Gasteiger partial charge in [-0.3, -0.25) is 0 Å². The van der Waals surface area contributed by atoms with Gasteiger partial charge in [0.25, 0.3) is 0 Å². The molecule has 26 heavy (non-hydrogen) atoms. The van der Waals surface area contributed by atoms with E-state index < -0.39 is 0 Å². The van der Waals surface area contributed by atoms with Gasteiger partial charge >= 0.3 is 0 Å². The molecule has 0 spiro atoms. The molecule has 1 aliphatic rings. The van der Waals surface area contributed by atoms with Crippen LogP contribution in [0.25, 0.3) is 0 Å². The highest BCUT2D eigenvalue weighted by Gasteiger charge is 2.03. The van der Waals surface area contributed by atoms with E-state index in [4.69, 9.17) is 0 Å². The molecule has 0 unspecified atom stereocenters. The van der Waals surface area contributed by atoms with Crippen molar-refractivity contribution in [2.24, 2.45) is 0 Å². The van der Waals surface area contributed by atoms with Gasteiger partial charge in [0.2, 0.25) is 0 Å². The Hall–Kier alpha value is -2.75. The predicted molar refractivity (Wildman–Crippen MR) is 107 cm³/mol. The van der Waals surface area contributed by atoms with Gasteiger partial charge in [-0.1, -0.05) is 37.5 Å². The Morgan fingerprint density at radius 2 is 1.19 bits per heavy atom. The van der Waals surface area contributed by atoms with Gasteiger partial charge in [-0.15, -0.1) is 11.8 Å². The van der Waals surface area contributed by atoms with E-state index in [-0.39, 0.29) is 11.6 Å². The Morgan fingerprint density at radius 1 is 0.692 bits per heavy atom. The average Bonchev–Trinajstić information content (AvgIpc) is 2.69. The van der Waals surface area contributed by atoms with E-state index in [1.54, 1.807) is 36.0 Å². The summed E-state index contributed by atoms with van der Waals surface area (Å²) in [4.78, 5) is 0.951. The maximum Gasteiger partial charge on any atom is 0.123 e. The van der Waals surface area contributed by atoms with Gasteiger partial charge in [-0.25, -0.2) is 8.78 Å². The topological polar surface area (TPSA) is 0 Å². The Bertz CT molecular complexity index is 833. The van der Waals surface area contributed by atoms with Gasteiger partial charge in [0.15, 0.2) is 0 Å². The fourth-order valence-corrected chi connectivity index (χ4v) is 2.70. The molecule has 1 heterocycles. The minimum Gasteiger partial charge on any atom is -0.207 e. The SMILES string of the molecule is CC.Fc1ccc(C#CC2=CC=C(C#Cc3ccc(F)cc3)SC2)cc1. The normalized spacial score (nSPS) is 12.2. The van der Waals surface area contributed by atoms with Crippen LogP contribution >= 0.6 is 11.8 Å². The largest absolute Gasteiger partial charge is 0.207 e. The van der Waals surface area contributed by atoms with Crippen LogP contribution in [0.1, 0.15) is 25.0 Å². The van der Waals surface area contributed by atoms with Crippen molar-refractivity contribution in [3.8, 4) is 23.7 Å². The number of hydrogen-bond acceptors (Lipinski definition) is 1. The number of benzene rings is 2. The number of halogens is 2. The van der Waals surface area contributed by atoms with E-state index in [0.717, 1.165) is 27.4 Å². The van der Waals surface area contributed by atoms with Crippen LogP contribution in [0.15, 0.2) is 71.2 Å². The first kappa shape index (κ1) is 19.6. The first-order chi connectivity index (χ1) is 12.7. The van der Waals surface area contributed by atoms with Gasteiger partial charge in [0, 0.05) is 22.5 Å². The lowest BCUT2D eigenvalue weighted by molar-refractivity contribution is 0.627. The lowest BCUT2D eigenvalue weighted by Crippen LogP contribution is -1.90. The molecule has 2 aromatic rings. The van der Waals surface area contributed by atoms with Crippen LogP contribution in [-0.2, 0) is 0 Å². The molecule has 0 radical (unpaired) electrons. The number of thioether (sulfide) groups is 1. The highest BCUT2D eigenvalue weighted by molar-refractivity contribution is 8.03. The molecule has 0 atom stereocenters. The zero-order valence-corrected chi connectivity index (χ0v) is 15.5. The second kappa shape index (κ2) is 10.3. The van der Waals surface area contributed by atoms with Crippen molar-refractivity contribution in [3.05, 3.63) is 93.9 Å². The fraction of sp³-hybridized carbons (Fsp3) is 0.130. The van der Waals surface area contributed by atoms with Gasteiger partial charge in [-0.05, 0) is 60.7 Å². The smallest absolute Gasteiger partial charge is 0.123 e. The lowest BCUT2D eigenvalue weighted by atomic mass is 10.2. The molecule has 0 saturated carbocycles. The van der Waals surface area contributed by atoms with E-state index >= 15 is 0 Å². The van der Waals surface area contributed by atoms with Crippen molar-refractivity contribution in [2.45, 2.75) is 13.8 Å². The molecular weight excluding hydrogens is 346 g/mol. The molecule has 0 fully saturated rings. The molecule has 0 aromatic heterocycles. The van der Waals surface area contributed by atoms with Crippen LogP contribution < -0.4 is 0 Å². The highest BCUT2D eigenvalue weighted by Crippen LogP contribution is 2.23. The summed E-state index contributed by atoms with van der Waals surface area (Å²) in [5, 5.41) is 0. The second-order valence-corrected chi connectivity index (χ2v) is 6.04. The average molecular weight is 364 g/mol. The molecule has 1 aliphatic heterocycles. The number of rotatable bonds is 0. The van der Waals surface area contributed by atoms with Crippen molar-refractivity contribution >= 4 is 11.8 Å². The Labute approximate surface area is 158 Å². The summed E-state index contributed by atoms with van der Waals surface area (Å²) in [6.07, 6.45) is 3.88.